The number of amides is 1. The molecule has 1 saturated heterocycles. The Morgan fingerprint density at radius 3 is 2.75 bits per heavy atom. The molecule has 1 heterocycles. The van der Waals surface area contributed by atoms with E-state index in [9.17, 15) is 18.0 Å². The second-order valence-electron chi connectivity index (χ2n) is 4.64. The fraction of sp³-hybridized carbons (Fsp3) is 0.462. The summed E-state index contributed by atoms with van der Waals surface area (Å²) >= 11 is 0. The highest BCUT2D eigenvalue weighted by molar-refractivity contribution is 5.82. The molecule has 0 atom stereocenters. The van der Waals surface area contributed by atoms with Gasteiger partial charge in [-0.2, -0.15) is 13.2 Å². The molecular weight excluding hydrogens is 271 g/mol. The topological polar surface area (TPSA) is 44.4 Å². The van der Waals surface area contributed by atoms with Crippen molar-refractivity contribution in [3.8, 4) is 0 Å². The predicted molar refractivity (Wildman–Crippen MR) is 69.4 cm³/mol. The third-order valence-electron chi connectivity index (χ3n) is 3.17. The van der Waals surface area contributed by atoms with Gasteiger partial charge in [0.1, 0.15) is 0 Å². The summed E-state index contributed by atoms with van der Waals surface area (Å²) in [6.07, 6.45) is -4.40. The normalized spacial score (nSPS) is 16.2. The monoisotopic (exact) mass is 287 g/mol. The maximum atomic E-state index is 13.1. The average Bonchev–Trinajstić information content (AvgIpc) is 2.38. The predicted octanol–water partition coefficient (Wildman–Crippen LogP) is 1.36. The van der Waals surface area contributed by atoms with Crippen LogP contribution in [0.15, 0.2) is 18.2 Å². The smallest absolute Gasteiger partial charge is 0.360 e. The maximum absolute atomic E-state index is 13.1. The Morgan fingerprint density at radius 1 is 1.40 bits per heavy atom. The summed E-state index contributed by atoms with van der Waals surface area (Å²) in [5.41, 5.74) is -0.0347. The minimum Gasteiger partial charge on any atom is -0.360 e. The first-order valence-corrected chi connectivity index (χ1v) is 6.28. The largest absolute Gasteiger partial charge is 0.416 e. The van der Waals surface area contributed by atoms with E-state index in [-0.39, 0.29) is 24.6 Å². The molecular formula is C13H16F3N3O. The van der Waals surface area contributed by atoms with Gasteiger partial charge in [-0.1, -0.05) is 6.07 Å². The average molecular weight is 287 g/mol. The van der Waals surface area contributed by atoms with E-state index in [2.05, 4.69) is 10.6 Å². The molecule has 1 aromatic rings. The zero-order valence-corrected chi connectivity index (χ0v) is 11.0. The number of hydrogen-bond donors (Lipinski definition) is 2. The lowest BCUT2D eigenvalue weighted by atomic mass is 10.0. The Hall–Kier alpha value is -1.76. The fourth-order valence-corrected chi connectivity index (χ4v) is 2.23. The van der Waals surface area contributed by atoms with E-state index in [1.165, 1.54) is 6.07 Å². The van der Waals surface area contributed by atoms with E-state index in [1.54, 1.807) is 18.0 Å². The fourth-order valence-electron chi connectivity index (χ4n) is 2.23. The molecule has 0 saturated carbocycles. The molecule has 0 spiro atoms. The van der Waals surface area contributed by atoms with Crippen LogP contribution >= 0.6 is 0 Å². The van der Waals surface area contributed by atoms with Crippen LogP contribution in [-0.2, 0) is 17.5 Å². The summed E-state index contributed by atoms with van der Waals surface area (Å²) in [6.45, 7) is 1.19. The number of alkyl halides is 3. The van der Waals surface area contributed by atoms with Crippen molar-refractivity contribution in [3.05, 3.63) is 29.3 Å². The van der Waals surface area contributed by atoms with E-state index in [4.69, 9.17) is 0 Å². The van der Waals surface area contributed by atoms with Crippen molar-refractivity contribution in [1.29, 1.82) is 0 Å². The van der Waals surface area contributed by atoms with Gasteiger partial charge in [0.25, 0.3) is 0 Å². The van der Waals surface area contributed by atoms with Gasteiger partial charge >= 0.3 is 6.18 Å². The standard InChI is InChI=1S/C13H16F3N3O/c1-17-7-9-2-3-10(6-11(9)13(14,15)16)19-5-4-18-12(20)8-19/h2-3,6,17H,4-5,7-8H2,1H3,(H,18,20). The van der Waals surface area contributed by atoms with Gasteiger partial charge in [-0.25, -0.2) is 0 Å². The summed E-state index contributed by atoms with van der Waals surface area (Å²) in [5, 5.41) is 5.37. The lowest BCUT2D eigenvalue weighted by Gasteiger charge is -2.29. The molecule has 0 radical (unpaired) electrons. The zero-order valence-electron chi connectivity index (χ0n) is 11.0. The third-order valence-corrected chi connectivity index (χ3v) is 3.17. The van der Waals surface area contributed by atoms with E-state index in [1.807, 2.05) is 0 Å². The van der Waals surface area contributed by atoms with Gasteiger partial charge < -0.3 is 15.5 Å². The van der Waals surface area contributed by atoms with Gasteiger partial charge in [-0.15, -0.1) is 0 Å². The first-order chi connectivity index (χ1) is 9.41. The van der Waals surface area contributed by atoms with Gasteiger partial charge in [-0.3, -0.25) is 4.79 Å². The first kappa shape index (κ1) is 14.6. The van der Waals surface area contributed by atoms with Crippen LogP contribution < -0.4 is 15.5 Å². The Bertz CT molecular complexity index is 502. The van der Waals surface area contributed by atoms with Crippen molar-refractivity contribution >= 4 is 11.6 Å². The molecule has 0 unspecified atom stereocenters. The van der Waals surface area contributed by atoms with E-state index >= 15 is 0 Å². The molecule has 1 aromatic carbocycles. The second kappa shape index (κ2) is 5.70. The molecule has 1 aliphatic heterocycles. The Balaban J connectivity index is 2.33. The zero-order chi connectivity index (χ0) is 14.8. The number of piperazine rings is 1. The highest BCUT2D eigenvalue weighted by Crippen LogP contribution is 2.34. The highest BCUT2D eigenvalue weighted by atomic mass is 19.4. The van der Waals surface area contributed by atoms with Gasteiger partial charge in [0, 0.05) is 25.3 Å². The highest BCUT2D eigenvalue weighted by Gasteiger charge is 2.34. The van der Waals surface area contributed by atoms with Gasteiger partial charge in [0.15, 0.2) is 0 Å². The number of rotatable bonds is 3. The van der Waals surface area contributed by atoms with Crippen LogP contribution in [0.4, 0.5) is 18.9 Å². The number of anilines is 1. The van der Waals surface area contributed by atoms with Crippen LogP contribution in [0, 0.1) is 0 Å². The Kier molecular flexibility index (Phi) is 4.17. The van der Waals surface area contributed by atoms with Crippen LogP contribution in [0.5, 0.6) is 0 Å². The Morgan fingerprint density at radius 2 is 2.15 bits per heavy atom. The first-order valence-electron chi connectivity index (χ1n) is 6.28. The van der Waals surface area contributed by atoms with Gasteiger partial charge in [-0.05, 0) is 24.7 Å². The quantitative estimate of drug-likeness (QED) is 0.882. The van der Waals surface area contributed by atoms with Gasteiger partial charge in [0.2, 0.25) is 5.91 Å². The number of benzene rings is 1. The number of carbonyl (C=O) groups excluding carboxylic acids is 1. The molecule has 0 aromatic heterocycles. The van der Waals surface area contributed by atoms with Crippen LogP contribution in [0.25, 0.3) is 0 Å². The van der Waals surface area contributed by atoms with E-state index in [0.29, 0.717) is 18.8 Å². The van der Waals surface area contributed by atoms with Crippen molar-refractivity contribution in [3.63, 3.8) is 0 Å². The van der Waals surface area contributed by atoms with Crippen molar-refractivity contribution in [1.82, 2.24) is 10.6 Å². The molecule has 2 N–H and O–H groups in total. The van der Waals surface area contributed by atoms with Crippen LogP contribution in [-0.4, -0.2) is 32.6 Å². The summed E-state index contributed by atoms with van der Waals surface area (Å²) in [4.78, 5) is 13.0. The van der Waals surface area contributed by atoms with Crippen molar-refractivity contribution in [2.24, 2.45) is 0 Å². The minimum atomic E-state index is -4.40. The minimum absolute atomic E-state index is 0.0860. The molecule has 2 rings (SSSR count). The molecule has 110 valence electrons. The number of carbonyl (C=O) groups is 1. The van der Waals surface area contributed by atoms with E-state index in [0.717, 1.165) is 6.07 Å². The second-order valence-corrected chi connectivity index (χ2v) is 4.64. The molecule has 4 nitrogen and oxygen atoms in total. The van der Waals surface area contributed by atoms with Crippen LogP contribution in [0.3, 0.4) is 0 Å². The number of halogens is 3. The molecule has 1 amide bonds. The van der Waals surface area contributed by atoms with Crippen LogP contribution in [0.1, 0.15) is 11.1 Å². The van der Waals surface area contributed by atoms with Crippen molar-refractivity contribution in [2.45, 2.75) is 12.7 Å². The number of nitrogens with one attached hydrogen (secondary N) is 2. The van der Waals surface area contributed by atoms with Gasteiger partial charge in [0.05, 0.1) is 12.1 Å². The summed E-state index contributed by atoms with van der Waals surface area (Å²) < 4.78 is 39.2. The number of nitrogens with zero attached hydrogens (tertiary/aromatic N) is 1. The maximum Gasteiger partial charge on any atom is 0.416 e. The molecule has 1 fully saturated rings. The number of hydrogen-bond acceptors (Lipinski definition) is 3. The lowest BCUT2D eigenvalue weighted by molar-refractivity contribution is -0.138. The summed E-state index contributed by atoms with van der Waals surface area (Å²) in [6, 6.07) is 4.20. The third kappa shape index (κ3) is 3.22. The van der Waals surface area contributed by atoms with Crippen molar-refractivity contribution < 1.29 is 18.0 Å². The molecule has 7 heteroatoms. The lowest BCUT2D eigenvalue weighted by Crippen LogP contribution is -2.47. The summed E-state index contributed by atoms with van der Waals surface area (Å²) in [7, 11) is 1.60. The Labute approximate surface area is 114 Å². The molecule has 0 aliphatic carbocycles. The van der Waals surface area contributed by atoms with Crippen molar-refractivity contribution in [2.75, 3.05) is 31.6 Å². The van der Waals surface area contributed by atoms with E-state index < -0.39 is 11.7 Å². The molecule has 20 heavy (non-hydrogen) atoms. The molecule has 0 bridgehead atoms. The van der Waals surface area contributed by atoms with Crippen LogP contribution in [0.2, 0.25) is 0 Å². The summed E-state index contributed by atoms with van der Waals surface area (Å²) in [5.74, 6) is -0.177. The molecule has 1 aliphatic rings. The SMILES string of the molecule is CNCc1ccc(N2CCNC(=O)C2)cc1C(F)(F)F.